The summed E-state index contributed by atoms with van der Waals surface area (Å²) in [4.78, 5) is 17.5. The molecule has 0 bridgehead atoms. The average molecular weight is 367 g/mol. The van der Waals surface area contributed by atoms with Gasteiger partial charge in [-0.2, -0.15) is 5.10 Å². The van der Waals surface area contributed by atoms with Gasteiger partial charge in [-0.15, -0.1) is 0 Å². The van der Waals surface area contributed by atoms with Crippen molar-refractivity contribution in [1.29, 1.82) is 0 Å². The van der Waals surface area contributed by atoms with Crippen LogP contribution in [0.4, 0.5) is 0 Å². The Labute approximate surface area is 162 Å². The third-order valence-electron chi connectivity index (χ3n) is 6.07. The zero-order valence-electron chi connectivity index (χ0n) is 16.5. The Kier molecular flexibility index (Phi) is 5.30. The summed E-state index contributed by atoms with van der Waals surface area (Å²) in [6.07, 6.45) is 6.50. The minimum absolute atomic E-state index is 0.142. The normalized spacial score (nSPS) is 20.5. The van der Waals surface area contributed by atoms with E-state index in [1.165, 1.54) is 24.0 Å². The highest BCUT2D eigenvalue weighted by Gasteiger charge is 2.29. The summed E-state index contributed by atoms with van der Waals surface area (Å²) in [5.74, 6) is 0.142. The minimum Gasteiger partial charge on any atom is -0.336 e. The lowest BCUT2D eigenvalue weighted by atomic mass is 9.87. The maximum Gasteiger partial charge on any atom is 0.257 e. The minimum atomic E-state index is 0.142. The van der Waals surface area contributed by atoms with E-state index in [1.54, 1.807) is 0 Å². The number of carbonyl (C=O) groups is 1. The van der Waals surface area contributed by atoms with Gasteiger partial charge in [-0.1, -0.05) is 31.2 Å². The molecule has 0 N–H and O–H groups in total. The van der Waals surface area contributed by atoms with Gasteiger partial charge in [0, 0.05) is 45.0 Å². The second kappa shape index (κ2) is 7.85. The van der Waals surface area contributed by atoms with Crippen molar-refractivity contribution >= 4 is 5.91 Å². The van der Waals surface area contributed by atoms with Crippen molar-refractivity contribution in [2.75, 3.05) is 26.2 Å². The predicted octanol–water partition coefficient (Wildman–Crippen LogP) is 2.92. The standard InChI is InChI=1S/C22H30N4O/c1-3-10-26-16-21(17(2)23-26)22(27)25-13-11-24(12-14-25)20-9-8-18-6-4-5-7-19(18)15-20/h4-7,16,20H,3,8-15H2,1-2H3/t20-/m1/s1. The molecule has 0 saturated carbocycles. The smallest absolute Gasteiger partial charge is 0.257 e. The van der Waals surface area contributed by atoms with Crippen LogP contribution in [0.15, 0.2) is 30.5 Å². The first-order chi connectivity index (χ1) is 13.2. The number of aromatic nitrogens is 2. The molecule has 5 nitrogen and oxygen atoms in total. The molecule has 0 radical (unpaired) electrons. The molecule has 0 spiro atoms. The van der Waals surface area contributed by atoms with Crippen molar-refractivity contribution in [1.82, 2.24) is 19.6 Å². The lowest BCUT2D eigenvalue weighted by molar-refractivity contribution is 0.0552. The first-order valence-electron chi connectivity index (χ1n) is 10.3. The molecule has 2 heterocycles. The van der Waals surface area contributed by atoms with E-state index in [4.69, 9.17) is 0 Å². The fourth-order valence-corrected chi connectivity index (χ4v) is 4.52. The molecule has 5 heteroatoms. The Morgan fingerprint density at radius 1 is 1.15 bits per heavy atom. The van der Waals surface area contributed by atoms with E-state index in [1.807, 2.05) is 22.7 Å². The van der Waals surface area contributed by atoms with Crippen LogP contribution in [-0.4, -0.2) is 57.7 Å². The van der Waals surface area contributed by atoms with Crippen LogP contribution >= 0.6 is 0 Å². The molecular formula is C22H30N4O. The van der Waals surface area contributed by atoms with Gasteiger partial charge in [-0.3, -0.25) is 14.4 Å². The van der Waals surface area contributed by atoms with Crippen LogP contribution in [0, 0.1) is 6.92 Å². The molecule has 1 fully saturated rings. The quantitative estimate of drug-likeness (QED) is 0.835. The van der Waals surface area contributed by atoms with E-state index in [9.17, 15) is 4.79 Å². The Hall–Kier alpha value is -2.14. The van der Waals surface area contributed by atoms with Crippen molar-refractivity contribution in [2.45, 2.75) is 52.1 Å². The third kappa shape index (κ3) is 3.79. The van der Waals surface area contributed by atoms with Crippen LogP contribution in [0.2, 0.25) is 0 Å². The number of amides is 1. The lowest BCUT2D eigenvalue weighted by Gasteiger charge is -2.41. The van der Waals surface area contributed by atoms with E-state index >= 15 is 0 Å². The molecule has 1 atom stereocenters. The first kappa shape index (κ1) is 18.2. The summed E-state index contributed by atoms with van der Waals surface area (Å²) in [6, 6.07) is 9.46. The van der Waals surface area contributed by atoms with Crippen molar-refractivity contribution in [3.63, 3.8) is 0 Å². The molecule has 1 amide bonds. The summed E-state index contributed by atoms with van der Waals surface area (Å²) in [5.41, 5.74) is 4.64. The highest BCUT2D eigenvalue weighted by Crippen LogP contribution is 2.25. The molecule has 2 aromatic rings. The van der Waals surface area contributed by atoms with Crippen LogP contribution in [0.25, 0.3) is 0 Å². The highest BCUT2D eigenvalue weighted by atomic mass is 16.2. The lowest BCUT2D eigenvalue weighted by Crippen LogP contribution is -2.53. The second-order valence-electron chi connectivity index (χ2n) is 7.88. The maximum absolute atomic E-state index is 12.9. The largest absolute Gasteiger partial charge is 0.336 e. The molecule has 1 aliphatic heterocycles. The zero-order valence-corrected chi connectivity index (χ0v) is 16.5. The van der Waals surface area contributed by atoms with Crippen molar-refractivity contribution in [2.24, 2.45) is 0 Å². The van der Waals surface area contributed by atoms with E-state index in [-0.39, 0.29) is 5.91 Å². The third-order valence-corrected chi connectivity index (χ3v) is 6.07. The van der Waals surface area contributed by atoms with Crippen LogP contribution in [0.3, 0.4) is 0 Å². The number of carbonyl (C=O) groups excluding carboxylic acids is 1. The summed E-state index contributed by atoms with van der Waals surface area (Å²) in [7, 11) is 0. The molecule has 1 saturated heterocycles. The fourth-order valence-electron chi connectivity index (χ4n) is 4.52. The van der Waals surface area contributed by atoms with Gasteiger partial charge in [0.15, 0.2) is 0 Å². The van der Waals surface area contributed by atoms with Gasteiger partial charge < -0.3 is 4.90 Å². The van der Waals surface area contributed by atoms with Crippen LogP contribution in [0.5, 0.6) is 0 Å². The molecule has 0 unspecified atom stereocenters. The molecule has 144 valence electrons. The van der Waals surface area contributed by atoms with Crippen molar-refractivity contribution in [3.8, 4) is 0 Å². The zero-order chi connectivity index (χ0) is 18.8. The summed E-state index contributed by atoms with van der Waals surface area (Å²) in [6.45, 7) is 8.51. The van der Waals surface area contributed by atoms with E-state index in [2.05, 4.69) is 41.2 Å². The molecule has 27 heavy (non-hydrogen) atoms. The summed E-state index contributed by atoms with van der Waals surface area (Å²) in [5, 5.41) is 4.48. The number of piperazine rings is 1. The van der Waals surface area contributed by atoms with Gasteiger partial charge in [0.25, 0.3) is 5.91 Å². The highest BCUT2D eigenvalue weighted by molar-refractivity contribution is 5.95. The molecule has 4 rings (SSSR count). The van der Waals surface area contributed by atoms with Gasteiger partial charge in [0.05, 0.1) is 11.3 Å². The van der Waals surface area contributed by atoms with E-state index < -0.39 is 0 Å². The molecule has 1 aliphatic carbocycles. The average Bonchev–Trinajstić information content (AvgIpc) is 3.07. The van der Waals surface area contributed by atoms with Crippen molar-refractivity contribution in [3.05, 3.63) is 52.8 Å². The van der Waals surface area contributed by atoms with Crippen LogP contribution in [0.1, 0.15) is 46.9 Å². The number of rotatable bonds is 4. The fraction of sp³-hybridized carbons (Fsp3) is 0.545. The predicted molar refractivity (Wildman–Crippen MR) is 107 cm³/mol. The van der Waals surface area contributed by atoms with Crippen molar-refractivity contribution < 1.29 is 4.79 Å². The molecule has 2 aliphatic rings. The Morgan fingerprint density at radius 2 is 1.89 bits per heavy atom. The molecule has 1 aromatic heterocycles. The van der Waals surface area contributed by atoms with Gasteiger partial charge in [0.1, 0.15) is 0 Å². The number of aryl methyl sites for hydroxylation is 3. The number of fused-ring (bicyclic) bond motifs is 1. The SMILES string of the molecule is CCCn1cc(C(=O)N2CCN([C@@H]3CCc4ccccc4C3)CC2)c(C)n1. The Balaban J connectivity index is 1.36. The Morgan fingerprint density at radius 3 is 2.63 bits per heavy atom. The number of benzene rings is 1. The van der Waals surface area contributed by atoms with Gasteiger partial charge in [-0.25, -0.2) is 0 Å². The topological polar surface area (TPSA) is 41.4 Å². The second-order valence-corrected chi connectivity index (χ2v) is 7.88. The summed E-state index contributed by atoms with van der Waals surface area (Å²) >= 11 is 0. The summed E-state index contributed by atoms with van der Waals surface area (Å²) < 4.78 is 1.90. The first-order valence-corrected chi connectivity index (χ1v) is 10.3. The number of nitrogens with zero attached hydrogens (tertiary/aromatic N) is 4. The van der Waals surface area contributed by atoms with E-state index in [0.717, 1.165) is 56.8 Å². The number of hydrogen-bond donors (Lipinski definition) is 0. The molecule has 1 aromatic carbocycles. The monoisotopic (exact) mass is 366 g/mol. The number of hydrogen-bond acceptors (Lipinski definition) is 3. The van der Waals surface area contributed by atoms with Gasteiger partial charge >= 0.3 is 0 Å². The van der Waals surface area contributed by atoms with Gasteiger partial charge in [0.2, 0.25) is 0 Å². The van der Waals surface area contributed by atoms with Gasteiger partial charge in [-0.05, 0) is 43.7 Å². The van der Waals surface area contributed by atoms with Crippen LogP contribution < -0.4 is 0 Å². The van der Waals surface area contributed by atoms with Crippen LogP contribution in [-0.2, 0) is 19.4 Å². The molecular weight excluding hydrogens is 336 g/mol. The maximum atomic E-state index is 12.9. The van der Waals surface area contributed by atoms with E-state index in [0.29, 0.717) is 6.04 Å². The Bertz CT molecular complexity index is 804.